The number of rotatable bonds is 3. The first-order valence-electron chi connectivity index (χ1n) is 5.74. The topological polar surface area (TPSA) is 77.2 Å². The van der Waals surface area contributed by atoms with E-state index in [1.54, 1.807) is 24.5 Å². The van der Waals surface area contributed by atoms with Crippen molar-refractivity contribution in [3.05, 3.63) is 24.5 Å². The van der Waals surface area contributed by atoms with Gasteiger partial charge in [-0.3, -0.25) is 9.78 Å². The summed E-state index contributed by atoms with van der Waals surface area (Å²) in [6.07, 6.45) is 4.29. The van der Waals surface area contributed by atoms with Gasteiger partial charge in [-0.1, -0.05) is 12.2 Å². The molecule has 3 N–H and O–H groups in total. The molecule has 0 aliphatic carbocycles. The zero-order chi connectivity index (χ0) is 13.0. The molecule has 1 saturated heterocycles. The Balaban J connectivity index is 2.16. The number of nitrogens with one attached hydrogen (secondary N) is 1. The lowest BCUT2D eigenvalue weighted by molar-refractivity contribution is -0.126. The molecule has 18 heavy (non-hydrogen) atoms. The first kappa shape index (κ1) is 12.9. The van der Waals surface area contributed by atoms with Crippen LogP contribution in [0.4, 0.5) is 5.69 Å². The smallest absolute Gasteiger partial charge is 0.237 e. The van der Waals surface area contributed by atoms with Crippen LogP contribution in [0.1, 0.15) is 12.8 Å². The predicted octanol–water partition coefficient (Wildman–Crippen LogP) is 1.10. The minimum Gasteiger partial charge on any atom is -0.392 e. The van der Waals surface area contributed by atoms with Gasteiger partial charge in [0.15, 0.2) is 0 Å². The lowest BCUT2D eigenvalue weighted by atomic mass is 9.79. The molecular weight excluding hydrogens is 250 g/mol. The van der Waals surface area contributed by atoms with E-state index >= 15 is 0 Å². The third-order valence-corrected chi connectivity index (χ3v) is 3.58. The summed E-state index contributed by atoms with van der Waals surface area (Å²) in [5.74, 6) is -0.162. The van der Waals surface area contributed by atoms with Crippen molar-refractivity contribution in [3.8, 4) is 0 Å². The lowest BCUT2D eigenvalue weighted by Crippen LogP contribution is -2.49. The van der Waals surface area contributed by atoms with Crippen LogP contribution in [0.25, 0.3) is 0 Å². The van der Waals surface area contributed by atoms with E-state index in [-0.39, 0.29) is 10.9 Å². The molecule has 2 rings (SSSR count). The predicted molar refractivity (Wildman–Crippen MR) is 72.1 cm³/mol. The molecule has 0 unspecified atom stereocenters. The number of nitrogens with two attached hydrogens (primary N) is 1. The van der Waals surface area contributed by atoms with Crippen LogP contribution in [0.2, 0.25) is 0 Å². The minimum absolute atomic E-state index is 0.162. The molecule has 1 aliphatic heterocycles. The lowest BCUT2D eigenvalue weighted by Gasteiger charge is -2.34. The van der Waals surface area contributed by atoms with Crippen LogP contribution in [-0.2, 0) is 9.53 Å². The highest BCUT2D eigenvalue weighted by molar-refractivity contribution is 7.80. The fourth-order valence-corrected chi connectivity index (χ4v) is 2.29. The van der Waals surface area contributed by atoms with Gasteiger partial charge in [-0.15, -0.1) is 0 Å². The van der Waals surface area contributed by atoms with Gasteiger partial charge in [-0.25, -0.2) is 0 Å². The Morgan fingerprint density at radius 1 is 1.39 bits per heavy atom. The molecule has 0 atom stereocenters. The highest BCUT2D eigenvalue weighted by Gasteiger charge is 2.42. The molecule has 6 heteroatoms. The Kier molecular flexibility index (Phi) is 3.88. The molecular formula is C12H15N3O2S. The number of carbonyl (C=O) groups is 1. The summed E-state index contributed by atoms with van der Waals surface area (Å²) in [6, 6.07) is 3.45. The van der Waals surface area contributed by atoms with E-state index in [1.807, 2.05) is 0 Å². The maximum Gasteiger partial charge on any atom is 0.237 e. The molecule has 1 amide bonds. The highest BCUT2D eigenvalue weighted by Crippen LogP contribution is 2.32. The third-order valence-electron chi connectivity index (χ3n) is 3.19. The number of hydrogen-bond acceptors (Lipinski definition) is 4. The number of aromatic nitrogens is 1. The largest absolute Gasteiger partial charge is 0.392 e. The summed E-state index contributed by atoms with van der Waals surface area (Å²) < 4.78 is 5.27. The van der Waals surface area contributed by atoms with Gasteiger partial charge >= 0.3 is 0 Å². The molecule has 1 aliphatic rings. The van der Waals surface area contributed by atoms with E-state index in [0.29, 0.717) is 31.7 Å². The van der Waals surface area contributed by atoms with Crippen LogP contribution in [0.5, 0.6) is 0 Å². The fraction of sp³-hybridized carbons (Fsp3) is 0.417. The van der Waals surface area contributed by atoms with Crippen LogP contribution in [-0.4, -0.2) is 29.1 Å². The second-order valence-electron chi connectivity index (χ2n) is 4.25. The van der Waals surface area contributed by atoms with Crippen LogP contribution in [0, 0.1) is 5.41 Å². The Labute approximate surface area is 111 Å². The van der Waals surface area contributed by atoms with E-state index in [9.17, 15) is 4.79 Å². The van der Waals surface area contributed by atoms with Crippen molar-refractivity contribution in [2.45, 2.75) is 12.8 Å². The Hall–Kier alpha value is -1.53. The average molecular weight is 265 g/mol. The van der Waals surface area contributed by atoms with Crippen LogP contribution >= 0.6 is 12.2 Å². The summed E-state index contributed by atoms with van der Waals surface area (Å²) in [5, 5.41) is 2.83. The molecule has 0 radical (unpaired) electrons. The summed E-state index contributed by atoms with van der Waals surface area (Å²) in [6.45, 7) is 1.00. The van der Waals surface area contributed by atoms with Gasteiger partial charge in [0, 0.05) is 31.3 Å². The summed E-state index contributed by atoms with van der Waals surface area (Å²) in [5.41, 5.74) is 5.66. The minimum atomic E-state index is -0.795. The Morgan fingerprint density at radius 3 is 2.56 bits per heavy atom. The number of ether oxygens (including phenoxy) is 1. The van der Waals surface area contributed by atoms with Gasteiger partial charge < -0.3 is 15.8 Å². The van der Waals surface area contributed by atoms with Gasteiger partial charge in [-0.2, -0.15) is 0 Å². The maximum absolute atomic E-state index is 12.4. The van der Waals surface area contributed by atoms with Crippen LogP contribution in [0.15, 0.2) is 24.5 Å². The van der Waals surface area contributed by atoms with Gasteiger partial charge in [0.1, 0.15) is 5.41 Å². The molecule has 0 aromatic carbocycles. The van der Waals surface area contributed by atoms with Crippen molar-refractivity contribution < 1.29 is 9.53 Å². The van der Waals surface area contributed by atoms with Crippen molar-refractivity contribution in [2.24, 2.45) is 11.1 Å². The number of hydrogen-bond donors (Lipinski definition) is 2. The van der Waals surface area contributed by atoms with E-state index in [1.165, 1.54) is 0 Å². The number of nitrogens with zero attached hydrogens (tertiary/aromatic N) is 1. The van der Waals surface area contributed by atoms with Crippen molar-refractivity contribution in [3.63, 3.8) is 0 Å². The second-order valence-corrected chi connectivity index (χ2v) is 4.69. The van der Waals surface area contributed by atoms with Gasteiger partial charge in [-0.05, 0) is 25.0 Å². The molecule has 2 heterocycles. The number of amides is 1. The Bertz CT molecular complexity index is 444. The van der Waals surface area contributed by atoms with Gasteiger partial charge in [0.2, 0.25) is 5.91 Å². The quantitative estimate of drug-likeness (QED) is 0.800. The normalized spacial score (nSPS) is 18.0. The molecule has 0 bridgehead atoms. The van der Waals surface area contributed by atoms with E-state index in [2.05, 4.69) is 10.3 Å². The summed E-state index contributed by atoms with van der Waals surface area (Å²) in [7, 11) is 0. The van der Waals surface area contributed by atoms with E-state index < -0.39 is 5.41 Å². The molecule has 96 valence electrons. The van der Waals surface area contributed by atoms with Crippen molar-refractivity contribution in [1.82, 2.24) is 4.98 Å². The number of thiocarbonyl (C=S) groups is 1. The standard InChI is InChI=1S/C12H15N3O2S/c13-10(18)12(3-7-17-8-4-12)11(16)15-9-1-5-14-6-2-9/h1-2,5-6H,3-4,7-8H2,(H2,13,18)(H,14,15,16). The molecule has 1 fully saturated rings. The summed E-state index contributed by atoms with van der Waals surface area (Å²) in [4.78, 5) is 16.5. The number of pyridine rings is 1. The highest BCUT2D eigenvalue weighted by atomic mass is 32.1. The molecule has 1 aromatic rings. The molecule has 0 spiro atoms. The third kappa shape index (κ3) is 2.49. The monoisotopic (exact) mass is 265 g/mol. The van der Waals surface area contributed by atoms with E-state index in [4.69, 9.17) is 22.7 Å². The van der Waals surface area contributed by atoms with Crippen molar-refractivity contribution >= 4 is 28.8 Å². The van der Waals surface area contributed by atoms with E-state index in [0.717, 1.165) is 0 Å². The van der Waals surface area contributed by atoms with Crippen LogP contribution < -0.4 is 11.1 Å². The zero-order valence-corrected chi connectivity index (χ0v) is 10.7. The molecule has 5 nitrogen and oxygen atoms in total. The first-order chi connectivity index (χ1) is 8.65. The number of anilines is 1. The second kappa shape index (κ2) is 5.41. The van der Waals surface area contributed by atoms with Gasteiger partial charge in [0.25, 0.3) is 0 Å². The molecule has 0 saturated carbocycles. The maximum atomic E-state index is 12.4. The van der Waals surface area contributed by atoms with Crippen molar-refractivity contribution in [2.75, 3.05) is 18.5 Å². The first-order valence-corrected chi connectivity index (χ1v) is 6.15. The zero-order valence-electron chi connectivity index (χ0n) is 9.89. The Morgan fingerprint density at radius 2 is 2.00 bits per heavy atom. The molecule has 1 aromatic heterocycles. The van der Waals surface area contributed by atoms with Crippen molar-refractivity contribution in [1.29, 1.82) is 0 Å². The van der Waals surface area contributed by atoms with Gasteiger partial charge in [0.05, 0.1) is 4.99 Å². The average Bonchev–Trinajstić information content (AvgIpc) is 2.40. The van der Waals surface area contributed by atoms with Crippen LogP contribution in [0.3, 0.4) is 0 Å². The SMILES string of the molecule is NC(=S)C1(C(=O)Nc2ccncc2)CCOCC1. The number of carbonyl (C=O) groups excluding carboxylic acids is 1. The summed E-state index contributed by atoms with van der Waals surface area (Å²) >= 11 is 5.07. The fourth-order valence-electron chi connectivity index (χ4n) is 1.99.